The van der Waals surface area contributed by atoms with Crippen LogP contribution in [0.3, 0.4) is 0 Å². The summed E-state index contributed by atoms with van der Waals surface area (Å²) >= 11 is 0. The molecule has 2 fully saturated rings. The van der Waals surface area contributed by atoms with Crippen LogP contribution in [0.2, 0.25) is 0 Å². The van der Waals surface area contributed by atoms with E-state index >= 15 is 0 Å². The van der Waals surface area contributed by atoms with Gasteiger partial charge in [-0.15, -0.1) is 0 Å². The van der Waals surface area contributed by atoms with E-state index in [-0.39, 0.29) is 12.3 Å². The van der Waals surface area contributed by atoms with Crippen LogP contribution < -0.4 is 0 Å². The highest BCUT2D eigenvalue weighted by Crippen LogP contribution is 2.31. The van der Waals surface area contributed by atoms with Crippen molar-refractivity contribution in [3.05, 3.63) is 11.7 Å². The van der Waals surface area contributed by atoms with Crippen LogP contribution in [0, 0.1) is 5.92 Å². The van der Waals surface area contributed by atoms with E-state index in [0.717, 1.165) is 45.1 Å². The molecule has 1 N–H and O–H groups in total. The molecule has 1 atom stereocenters. The number of carbonyl (C=O) groups is 1. The van der Waals surface area contributed by atoms with Crippen molar-refractivity contribution in [2.24, 2.45) is 5.92 Å². The minimum atomic E-state index is -0.805. The zero-order chi connectivity index (χ0) is 18.2. The maximum Gasteiger partial charge on any atom is 0.304 e. The van der Waals surface area contributed by atoms with Gasteiger partial charge in [-0.3, -0.25) is 9.69 Å². The standard InChI is InChI=1S/C19H31N3O4/c23-18(24)13-16(8-4-7-15-5-2-1-3-6-15)19-20-17(21-26-19)14-22-9-11-25-12-10-22/h15-16H,1-14H2,(H,23,24). The second-order valence-corrected chi connectivity index (χ2v) is 7.67. The van der Waals surface area contributed by atoms with Gasteiger partial charge < -0.3 is 14.4 Å². The fourth-order valence-corrected chi connectivity index (χ4v) is 4.11. The van der Waals surface area contributed by atoms with E-state index in [1.54, 1.807) is 0 Å². The summed E-state index contributed by atoms with van der Waals surface area (Å²) in [5, 5.41) is 13.3. The number of hydrogen-bond acceptors (Lipinski definition) is 6. The van der Waals surface area contributed by atoms with Gasteiger partial charge in [-0.1, -0.05) is 50.1 Å². The summed E-state index contributed by atoms with van der Waals surface area (Å²) in [5.41, 5.74) is 0. The predicted molar refractivity (Wildman–Crippen MR) is 95.8 cm³/mol. The molecule has 1 saturated carbocycles. The number of aliphatic carboxylic acids is 1. The van der Waals surface area contributed by atoms with Gasteiger partial charge in [-0.2, -0.15) is 4.98 Å². The van der Waals surface area contributed by atoms with E-state index in [0.29, 0.717) is 18.3 Å². The zero-order valence-electron chi connectivity index (χ0n) is 15.6. The van der Waals surface area contributed by atoms with Gasteiger partial charge in [0.2, 0.25) is 5.89 Å². The van der Waals surface area contributed by atoms with Gasteiger partial charge in [0.25, 0.3) is 0 Å². The Balaban J connectivity index is 1.51. The molecule has 26 heavy (non-hydrogen) atoms. The molecule has 0 amide bonds. The fraction of sp³-hybridized carbons (Fsp3) is 0.842. The molecule has 3 rings (SSSR count). The monoisotopic (exact) mass is 365 g/mol. The Morgan fingerprint density at radius 2 is 2.00 bits per heavy atom. The Bertz CT molecular complexity index is 551. The second-order valence-electron chi connectivity index (χ2n) is 7.67. The van der Waals surface area contributed by atoms with Crippen molar-refractivity contribution in [3.63, 3.8) is 0 Å². The van der Waals surface area contributed by atoms with Crippen LogP contribution in [0.5, 0.6) is 0 Å². The van der Waals surface area contributed by atoms with Crippen LogP contribution >= 0.6 is 0 Å². The summed E-state index contributed by atoms with van der Waals surface area (Å²) < 4.78 is 10.8. The molecule has 146 valence electrons. The molecule has 2 heterocycles. The highest BCUT2D eigenvalue weighted by Gasteiger charge is 2.24. The summed E-state index contributed by atoms with van der Waals surface area (Å²) in [7, 11) is 0. The minimum absolute atomic E-state index is 0.0594. The molecule has 0 spiro atoms. The van der Waals surface area contributed by atoms with E-state index in [9.17, 15) is 9.90 Å². The number of carboxylic acids is 1. The van der Waals surface area contributed by atoms with Crippen molar-refractivity contribution < 1.29 is 19.2 Å². The Morgan fingerprint density at radius 3 is 2.73 bits per heavy atom. The van der Waals surface area contributed by atoms with E-state index in [4.69, 9.17) is 9.26 Å². The van der Waals surface area contributed by atoms with Crippen molar-refractivity contribution in [2.45, 2.75) is 70.3 Å². The van der Waals surface area contributed by atoms with Crippen molar-refractivity contribution in [3.8, 4) is 0 Å². The molecule has 1 saturated heterocycles. The van der Waals surface area contributed by atoms with E-state index in [2.05, 4.69) is 15.0 Å². The first-order valence-electron chi connectivity index (χ1n) is 10.0. The molecular weight excluding hydrogens is 334 g/mol. The van der Waals surface area contributed by atoms with Gasteiger partial charge >= 0.3 is 5.97 Å². The van der Waals surface area contributed by atoms with Crippen LogP contribution in [0.4, 0.5) is 0 Å². The molecule has 1 aliphatic heterocycles. The molecule has 7 nitrogen and oxygen atoms in total. The van der Waals surface area contributed by atoms with Crippen LogP contribution in [0.1, 0.15) is 75.4 Å². The summed E-state index contributed by atoms with van der Waals surface area (Å²) in [6, 6.07) is 0. The maximum atomic E-state index is 11.3. The third-order valence-corrected chi connectivity index (χ3v) is 5.61. The van der Waals surface area contributed by atoms with E-state index in [1.165, 1.54) is 38.5 Å². The van der Waals surface area contributed by atoms with Gasteiger partial charge in [0.05, 0.1) is 26.2 Å². The number of rotatable bonds is 9. The van der Waals surface area contributed by atoms with Gasteiger partial charge in [0.1, 0.15) is 0 Å². The normalized spacial score (nSPS) is 20.9. The van der Waals surface area contributed by atoms with Gasteiger partial charge in [0.15, 0.2) is 5.82 Å². The summed E-state index contributed by atoms with van der Waals surface area (Å²) in [6.07, 6.45) is 9.80. The molecule has 7 heteroatoms. The molecule has 0 bridgehead atoms. The fourth-order valence-electron chi connectivity index (χ4n) is 4.11. The lowest BCUT2D eigenvalue weighted by molar-refractivity contribution is -0.137. The van der Waals surface area contributed by atoms with Gasteiger partial charge in [-0.05, 0) is 12.3 Å². The number of aromatic nitrogens is 2. The molecule has 0 aromatic carbocycles. The Morgan fingerprint density at radius 1 is 1.23 bits per heavy atom. The molecule has 1 aliphatic carbocycles. The van der Waals surface area contributed by atoms with Crippen LogP contribution in [0.25, 0.3) is 0 Å². The van der Waals surface area contributed by atoms with Crippen LogP contribution in [-0.4, -0.2) is 52.4 Å². The number of morpholine rings is 1. The first-order chi connectivity index (χ1) is 12.7. The molecule has 0 radical (unpaired) electrons. The number of nitrogens with zero attached hydrogens (tertiary/aromatic N) is 3. The second kappa shape index (κ2) is 10.0. The maximum absolute atomic E-state index is 11.3. The summed E-state index contributed by atoms with van der Waals surface area (Å²) in [5.74, 6) is 0.959. The van der Waals surface area contributed by atoms with Gasteiger partial charge in [-0.25, -0.2) is 0 Å². The molecule has 2 aliphatic rings. The van der Waals surface area contributed by atoms with Crippen molar-refractivity contribution in [2.75, 3.05) is 26.3 Å². The molecule has 1 unspecified atom stereocenters. The Hall–Kier alpha value is -1.47. The quantitative estimate of drug-likeness (QED) is 0.719. The summed E-state index contributed by atoms with van der Waals surface area (Å²) in [6.45, 7) is 3.82. The lowest BCUT2D eigenvalue weighted by atomic mass is 9.84. The number of hydrogen-bond donors (Lipinski definition) is 1. The van der Waals surface area contributed by atoms with Crippen molar-refractivity contribution in [1.29, 1.82) is 0 Å². The summed E-state index contributed by atoms with van der Waals surface area (Å²) in [4.78, 5) is 18.0. The highest BCUT2D eigenvalue weighted by atomic mass is 16.5. The Kier molecular flexibility index (Phi) is 7.43. The SMILES string of the molecule is O=C(O)CC(CCCC1CCCCC1)c1nc(CN2CCOCC2)no1. The highest BCUT2D eigenvalue weighted by molar-refractivity contribution is 5.67. The molecule has 1 aromatic rings. The smallest absolute Gasteiger partial charge is 0.304 e. The average Bonchev–Trinajstić information content (AvgIpc) is 3.11. The lowest BCUT2D eigenvalue weighted by Crippen LogP contribution is -2.35. The first-order valence-corrected chi connectivity index (χ1v) is 10.0. The van der Waals surface area contributed by atoms with Crippen LogP contribution in [-0.2, 0) is 16.1 Å². The molecular formula is C19H31N3O4. The first kappa shape index (κ1) is 19.3. The lowest BCUT2D eigenvalue weighted by Gasteiger charge is -2.24. The van der Waals surface area contributed by atoms with Crippen LogP contribution in [0.15, 0.2) is 4.52 Å². The number of ether oxygens (including phenoxy) is 1. The van der Waals surface area contributed by atoms with E-state index in [1.807, 2.05) is 0 Å². The largest absolute Gasteiger partial charge is 0.481 e. The average molecular weight is 365 g/mol. The molecule has 1 aromatic heterocycles. The topological polar surface area (TPSA) is 88.7 Å². The third kappa shape index (κ3) is 6.06. The Labute approximate surface area is 155 Å². The number of carboxylic acid groups (broad SMARTS) is 1. The van der Waals surface area contributed by atoms with Gasteiger partial charge in [0, 0.05) is 19.0 Å². The minimum Gasteiger partial charge on any atom is -0.481 e. The third-order valence-electron chi connectivity index (χ3n) is 5.61. The predicted octanol–water partition coefficient (Wildman–Crippen LogP) is 3.21. The van der Waals surface area contributed by atoms with Crippen molar-refractivity contribution >= 4 is 5.97 Å². The zero-order valence-corrected chi connectivity index (χ0v) is 15.6. The van der Waals surface area contributed by atoms with E-state index < -0.39 is 5.97 Å². The van der Waals surface area contributed by atoms with Crippen molar-refractivity contribution in [1.82, 2.24) is 15.0 Å².